The lowest BCUT2D eigenvalue weighted by atomic mass is 9.82. The van der Waals surface area contributed by atoms with E-state index >= 15 is 0 Å². The number of piperidine rings is 1. The lowest BCUT2D eigenvalue weighted by Crippen LogP contribution is -2.51. The number of nitrogens with zero attached hydrogens (tertiary/aromatic N) is 3. The molecule has 2 fully saturated rings. The second-order valence-electron chi connectivity index (χ2n) is 9.29. The average molecular weight is 410 g/mol. The number of carbonyl (C=O) groups is 1. The van der Waals surface area contributed by atoms with Gasteiger partial charge in [0.1, 0.15) is 5.75 Å². The normalized spacial score (nSPS) is 20.7. The third-order valence-electron chi connectivity index (χ3n) is 6.73. The highest BCUT2D eigenvalue weighted by Crippen LogP contribution is 2.49. The van der Waals surface area contributed by atoms with Crippen LogP contribution in [0, 0.1) is 11.8 Å². The lowest BCUT2D eigenvalue weighted by molar-refractivity contribution is -0.142. The van der Waals surface area contributed by atoms with Gasteiger partial charge in [-0.1, -0.05) is 26.0 Å². The van der Waals surface area contributed by atoms with Gasteiger partial charge in [0.2, 0.25) is 5.91 Å². The maximum Gasteiger partial charge on any atom is 0.225 e. The molecule has 3 aliphatic heterocycles. The fourth-order valence-corrected chi connectivity index (χ4v) is 5.23. The minimum Gasteiger partial charge on any atom is -0.480 e. The molecular formula is C24H31N3O3. The number of fused-ring (bicyclic) bond motifs is 4. The summed E-state index contributed by atoms with van der Waals surface area (Å²) in [6.45, 7) is 8.23. The van der Waals surface area contributed by atoms with E-state index in [1.54, 1.807) is 0 Å². The summed E-state index contributed by atoms with van der Waals surface area (Å²) in [7, 11) is 0. The molecule has 1 aromatic heterocycles. The molecule has 4 heterocycles. The Kier molecular flexibility index (Phi) is 5.05. The van der Waals surface area contributed by atoms with Crippen LogP contribution in [0.2, 0.25) is 0 Å². The van der Waals surface area contributed by atoms with Gasteiger partial charge < -0.3 is 18.9 Å². The van der Waals surface area contributed by atoms with Crippen LogP contribution in [0.25, 0.3) is 11.3 Å². The van der Waals surface area contributed by atoms with Crippen LogP contribution in [0.4, 0.5) is 0 Å². The number of imidazole rings is 1. The number of para-hydroxylation sites is 1. The first-order valence-corrected chi connectivity index (χ1v) is 11.3. The molecule has 3 aliphatic rings. The van der Waals surface area contributed by atoms with Crippen LogP contribution in [0.3, 0.4) is 0 Å². The zero-order chi connectivity index (χ0) is 20.7. The van der Waals surface area contributed by atoms with Gasteiger partial charge in [0.25, 0.3) is 0 Å². The number of likely N-dealkylation sites (tertiary alicyclic amines) is 1. The van der Waals surface area contributed by atoms with Gasteiger partial charge in [-0.15, -0.1) is 0 Å². The molecule has 0 radical (unpaired) electrons. The van der Waals surface area contributed by atoms with E-state index < -0.39 is 5.60 Å². The third-order valence-corrected chi connectivity index (χ3v) is 6.73. The molecular weight excluding hydrogens is 378 g/mol. The first-order chi connectivity index (χ1) is 14.6. The van der Waals surface area contributed by atoms with Gasteiger partial charge in [-0.05, 0) is 30.9 Å². The summed E-state index contributed by atoms with van der Waals surface area (Å²) in [5.74, 6) is 1.83. The Balaban J connectivity index is 1.44. The Labute approximate surface area is 178 Å². The minimum atomic E-state index is -0.415. The largest absolute Gasteiger partial charge is 0.480 e. The van der Waals surface area contributed by atoms with Crippen LogP contribution >= 0.6 is 0 Å². The van der Waals surface area contributed by atoms with Gasteiger partial charge in [-0.2, -0.15) is 0 Å². The number of carbonyl (C=O) groups excluding carboxylic acids is 1. The predicted octanol–water partition coefficient (Wildman–Crippen LogP) is 3.84. The molecule has 0 saturated carbocycles. The van der Waals surface area contributed by atoms with Crippen molar-refractivity contribution < 1.29 is 14.3 Å². The zero-order valence-electron chi connectivity index (χ0n) is 18.0. The van der Waals surface area contributed by atoms with Gasteiger partial charge in [0, 0.05) is 57.2 Å². The molecule has 160 valence electrons. The zero-order valence-corrected chi connectivity index (χ0v) is 18.0. The van der Waals surface area contributed by atoms with Crippen LogP contribution in [0.5, 0.6) is 5.75 Å². The molecule has 0 bridgehead atoms. The second-order valence-corrected chi connectivity index (χ2v) is 9.29. The number of benzene rings is 1. The van der Waals surface area contributed by atoms with Crippen molar-refractivity contribution in [2.75, 3.05) is 26.3 Å². The van der Waals surface area contributed by atoms with Crippen molar-refractivity contribution in [3.63, 3.8) is 0 Å². The molecule has 30 heavy (non-hydrogen) atoms. The third kappa shape index (κ3) is 3.31. The fraction of sp³-hybridized carbons (Fsp3) is 0.583. The molecule has 2 saturated heterocycles. The average Bonchev–Trinajstić information content (AvgIpc) is 3.19. The smallest absolute Gasteiger partial charge is 0.225 e. The highest BCUT2D eigenvalue weighted by molar-refractivity contribution is 5.79. The van der Waals surface area contributed by atoms with Crippen LogP contribution in [0.1, 0.15) is 45.2 Å². The van der Waals surface area contributed by atoms with Gasteiger partial charge in [-0.3, -0.25) is 4.79 Å². The molecule has 0 aliphatic carbocycles. The van der Waals surface area contributed by atoms with E-state index in [-0.39, 0.29) is 5.92 Å². The Hall–Kier alpha value is -2.34. The Bertz CT molecular complexity index is 922. The molecule has 2 aromatic rings. The molecule has 1 spiro atoms. The molecule has 6 nitrogen and oxygen atoms in total. The fourth-order valence-electron chi connectivity index (χ4n) is 5.23. The van der Waals surface area contributed by atoms with Crippen molar-refractivity contribution in [2.24, 2.45) is 11.8 Å². The minimum absolute atomic E-state index is 0.114. The Morgan fingerprint density at radius 1 is 1.20 bits per heavy atom. The first kappa shape index (κ1) is 19.6. The molecule has 0 unspecified atom stereocenters. The summed E-state index contributed by atoms with van der Waals surface area (Å²) < 4.78 is 14.4. The molecule has 1 aromatic carbocycles. The summed E-state index contributed by atoms with van der Waals surface area (Å²) in [6.07, 6.45) is 5.25. The maximum atomic E-state index is 13.0. The summed E-state index contributed by atoms with van der Waals surface area (Å²) in [5, 5.41) is 0. The summed E-state index contributed by atoms with van der Waals surface area (Å²) in [5.41, 5.74) is 2.89. The Morgan fingerprint density at radius 2 is 1.93 bits per heavy atom. The quantitative estimate of drug-likeness (QED) is 0.773. The first-order valence-electron chi connectivity index (χ1n) is 11.3. The molecule has 6 heteroatoms. The molecule has 0 N–H and O–H groups in total. The monoisotopic (exact) mass is 409 g/mol. The van der Waals surface area contributed by atoms with Gasteiger partial charge in [0.15, 0.2) is 5.60 Å². The molecule has 1 amide bonds. The number of amides is 1. The maximum absolute atomic E-state index is 13.0. The SMILES string of the molecule is CC(C)Cn1cnc2c1C1(CCN(C(=O)C3CCOCC3)CC1)Oc1ccccc1-2. The number of hydrogen-bond acceptors (Lipinski definition) is 4. The van der Waals surface area contributed by atoms with E-state index in [0.29, 0.717) is 25.0 Å². The van der Waals surface area contributed by atoms with Gasteiger partial charge >= 0.3 is 0 Å². The van der Waals surface area contributed by atoms with Crippen molar-refractivity contribution in [3.8, 4) is 17.0 Å². The summed E-state index contributed by atoms with van der Waals surface area (Å²) >= 11 is 0. The van der Waals surface area contributed by atoms with Crippen molar-refractivity contribution in [1.29, 1.82) is 0 Å². The number of rotatable bonds is 3. The highest BCUT2D eigenvalue weighted by Gasteiger charge is 2.47. The second kappa shape index (κ2) is 7.73. The van der Waals surface area contributed by atoms with E-state index in [2.05, 4.69) is 24.5 Å². The Morgan fingerprint density at radius 3 is 2.67 bits per heavy atom. The van der Waals surface area contributed by atoms with Crippen molar-refractivity contribution in [2.45, 2.75) is 51.7 Å². The predicted molar refractivity (Wildman–Crippen MR) is 114 cm³/mol. The van der Waals surface area contributed by atoms with E-state index in [0.717, 1.165) is 62.3 Å². The molecule has 5 rings (SSSR count). The summed E-state index contributed by atoms with van der Waals surface area (Å²) in [6, 6.07) is 8.20. The topological polar surface area (TPSA) is 56.6 Å². The van der Waals surface area contributed by atoms with Crippen LogP contribution in [0.15, 0.2) is 30.6 Å². The van der Waals surface area contributed by atoms with Crippen LogP contribution in [-0.2, 0) is 21.7 Å². The van der Waals surface area contributed by atoms with Gasteiger partial charge in [-0.25, -0.2) is 4.98 Å². The highest BCUT2D eigenvalue weighted by atomic mass is 16.5. The van der Waals surface area contributed by atoms with E-state index in [9.17, 15) is 4.79 Å². The standard InChI is InChI=1S/C24H31N3O3/c1-17(2)15-27-16-25-21-19-5-3-4-6-20(19)30-24(22(21)27)9-11-26(12-10-24)23(28)18-7-13-29-14-8-18/h3-6,16-18H,7-15H2,1-2H3. The van der Waals surface area contributed by atoms with E-state index in [4.69, 9.17) is 14.5 Å². The lowest BCUT2D eigenvalue weighted by Gasteiger charge is -2.45. The van der Waals surface area contributed by atoms with Gasteiger partial charge in [0.05, 0.1) is 17.7 Å². The van der Waals surface area contributed by atoms with Crippen molar-refractivity contribution in [3.05, 3.63) is 36.3 Å². The van der Waals surface area contributed by atoms with E-state index in [1.165, 1.54) is 5.69 Å². The van der Waals surface area contributed by atoms with Crippen LogP contribution in [-0.4, -0.2) is 46.7 Å². The number of ether oxygens (including phenoxy) is 2. The van der Waals surface area contributed by atoms with Crippen LogP contribution < -0.4 is 4.74 Å². The summed E-state index contributed by atoms with van der Waals surface area (Å²) in [4.78, 5) is 19.9. The number of aromatic nitrogens is 2. The number of hydrogen-bond donors (Lipinski definition) is 0. The van der Waals surface area contributed by atoms with E-state index in [1.807, 2.05) is 29.4 Å². The van der Waals surface area contributed by atoms with Crippen molar-refractivity contribution in [1.82, 2.24) is 14.5 Å². The van der Waals surface area contributed by atoms with Crippen molar-refractivity contribution >= 4 is 5.91 Å². The molecule has 0 atom stereocenters.